The zero-order valence-electron chi connectivity index (χ0n) is 21.9. The van der Waals surface area contributed by atoms with E-state index >= 15 is 0 Å². The Hall–Kier alpha value is -3.60. The SMILES string of the molecule is C=CC(=CC(=C)C)N(C(=O)Cc1c[nH]c2ccccc12)C(C(=O)NC1CCCCC1)C(C=C)=C(C)C. The van der Waals surface area contributed by atoms with Crippen molar-refractivity contribution < 1.29 is 9.59 Å². The summed E-state index contributed by atoms with van der Waals surface area (Å²) < 4.78 is 0. The molecule has 5 heteroatoms. The van der Waals surface area contributed by atoms with Crippen LogP contribution in [0, 0.1) is 0 Å². The highest BCUT2D eigenvalue weighted by molar-refractivity contribution is 5.95. The molecule has 0 spiro atoms. The van der Waals surface area contributed by atoms with Gasteiger partial charge in [0, 0.05) is 28.8 Å². The zero-order valence-corrected chi connectivity index (χ0v) is 21.9. The number of fused-ring (bicyclic) bond motifs is 1. The van der Waals surface area contributed by atoms with Gasteiger partial charge in [-0.25, -0.2) is 0 Å². The van der Waals surface area contributed by atoms with Gasteiger partial charge in [0.15, 0.2) is 0 Å². The number of nitrogens with one attached hydrogen (secondary N) is 2. The van der Waals surface area contributed by atoms with Gasteiger partial charge < -0.3 is 10.3 Å². The van der Waals surface area contributed by atoms with Gasteiger partial charge in [-0.15, -0.1) is 0 Å². The van der Waals surface area contributed by atoms with Gasteiger partial charge in [-0.3, -0.25) is 14.5 Å². The number of para-hydroxylation sites is 1. The Kier molecular flexibility index (Phi) is 9.29. The normalized spacial score (nSPS) is 15.1. The van der Waals surface area contributed by atoms with Gasteiger partial charge in [-0.2, -0.15) is 0 Å². The van der Waals surface area contributed by atoms with Crippen LogP contribution >= 0.6 is 0 Å². The molecule has 0 bridgehead atoms. The Morgan fingerprint density at radius 3 is 2.42 bits per heavy atom. The molecule has 2 N–H and O–H groups in total. The quantitative estimate of drug-likeness (QED) is 0.376. The van der Waals surface area contributed by atoms with Crippen LogP contribution in [0.1, 0.15) is 58.4 Å². The molecule has 1 aliphatic rings. The third kappa shape index (κ3) is 6.34. The third-order valence-corrected chi connectivity index (χ3v) is 6.72. The number of carbonyl (C=O) groups is 2. The maximum Gasteiger partial charge on any atom is 0.248 e. The second kappa shape index (κ2) is 12.4. The van der Waals surface area contributed by atoms with Crippen molar-refractivity contribution in [2.24, 2.45) is 0 Å². The van der Waals surface area contributed by atoms with Crippen LogP contribution in [0.2, 0.25) is 0 Å². The minimum Gasteiger partial charge on any atom is -0.361 e. The lowest BCUT2D eigenvalue weighted by Crippen LogP contribution is -2.52. The minimum atomic E-state index is -0.865. The van der Waals surface area contributed by atoms with E-state index in [2.05, 4.69) is 30.0 Å². The van der Waals surface area contributed by atoms with Gasteiger partial charge in [-0.05, 0) is 63.0 Å². The molecule has 0 aliphatic heterocycles. The molecule has 0 radical (unpaired) electrons. The molecule has 1 aliphatic carbocycles. The summed E-state index contributed by atoms with van der Waals surface area (Å²) in [6.45, 7) is 17.7. The highest BCUT2D eigenvalue weighted by atomic mass is 16.2. The first-order chi connectivity index (χ1) is 17.3. The molecular weight excluding hydrogens is 446 g/mol. The number of benzene rings is 1. The van der Waals surface area contributed by atoms with Gasteiger partial charge in [0.05, 0.1) is 6.42 Å². The van der Waals surface area contributed by atoms with Crippen LogP contribution in [0.15, 0.2) is 90.8 Å². The van der Waals surface area contributed by atoms with Crippen LogP contribution in [0.3, 0.4) is 0 Å². The van der Waals surface area contributed by atoms with Crippen LogP contribution in [0.5, 0.6) is 0 Å². The van der Waals surface area contributed by atoms with E-state index in [4.69, 9.17) is 0 Å². The molecule has 5 nitrogen and oxygen atoms in total. The first kappa shape index (κ1) is 27.0. The maximum atomic E-state index is 14.1. The van der Waals surface area contributed by atoms with Crippen LogP contribution in [-0.4, -0.2) is 33.8 Å². The molecule has 36 heavy (non-hydrogen) atoms. The maximum absolute atomic E-state index is 14.1. The number of H-pyrrole nitrogens is 1. The van der Waals surface area contributed by atoms with E-state index in [9.17, 15) is 9.59 Å². The monoisotopic (exact) mass is 485 g/mol. The number of rotatable bonds is 10. The highest BCUT2D eigenvalue weighted by Crippen LogP contribution is 2.27. The fraction of sp³-hybridized carbons (Fsp3) is 0.355. The zero-order chi connectivity index (χ0) is 26.2. The smallest absolute Gasteiger partial charge is 0.248 e. The van der Waals surface area contributed by atoms with Crippen molar-refractivity contribution in [3.05, 3.63) is 96.4 Å². The van der Waals surface area contributed by atoms with Crippen molar-refractivity contribution in [2.45, 2.75) is 71.4 Å². The van der Waals surface area contributed by atoms with E-state index in [1.807, 2.05) is 51.2 Å². The third-order valence-electron chi connectivity index (χ3n) is 6.72. The van der Waals surface area contributed by atoms with Gasteiger partial charge in [0.25, 0.3) is 0 Å². The average molecular weight is 486 g/mol. The number of aromatic amines is 1. The van der Waals surface area contributed by atoms with Crippen LogP contribution in [0.25, 0.3) is 10.9 Å². The molecule has 3 rings (SSSR count). The lowest BCUT2D eigenvalue weighted by molar-refractivity contribution is -0.136. The van der Waals surface area contributed by atoms with Crippen molar-refractivity contribution in [1.29, 1.82) is 0 Å². The van der Waals surface area contributed by atoms with Crippen molar-refractivity contribution in [2.75, 3.05) is 0 Å². The fourth-order valence-electron chi connectivity index (χ4n) is 4.96. The Morgan fingerprint density at radius 1 is 1.11 bits per heavy atom. The molecule has 2 aromatic rings. The van der Waals surface area contributed by atoms with Crippen molar-refractivity contribution >= 4 is 22.7 Å². The molecule has 1 aromatic heterocycles. The summed E-state index contributed by atoms with van der Waals surface area (Å²) in [7, 11) is 0. The Labute approximate surface area is 215 Å². The molecule has 1 unspecified atom stereocenters. The molecule has 1 fully saturated rings. The molecule has 1 aromatic carbocycles. The lowest BCUT2D eigenvalue weighted by atomic mass is 9.93. The average Bonchev–Trinajstić information content (AvgIpc) is 3.25. The van der Waals surface area contributed by atoms with E-state index in [-0.39, 0.29) is 24.3 Å². The molecule has 0 saturated heterocycles. The van der Waals surface area contributed by atoms with Gasteiger partial charge in [0.2, 0.25) is 11.8 Å². The van der Waals surface area contributed by atoms with E-state index < -0.39 is 6.04 Å². The molecule has 1 atom stereocenters. The predicted octanol–water partition coefficient (Wildman–Crippen LogP) is 6.52. The molecule has 1 heterocycles. The Morgan fingerprint density at radius 2 is 1.81 bits per heavy atom. The summed E-state index contributed by atoms with van der Waals surface area (Å²) in [4.78, 5) is 32.8. The molecule has 1 saturated carbocycles. The Balaban J connectivity index is 2.09. The number of hydrogen-bond donors (Lipinski definition) is 2. The molecule has 190 valence electrons. The van der Waals surface area contributed by atoms with E-state index in [1.165, 1.54) is 6.42 Å². The van der Waals surface area contributed by atoms with Crippen molar-refractivity contribution in [3.8, 4) is 0 Å². The number of amides is 2. The standard InChI is InChI=1S/C31H39N3O2/c1-7-25(18-21(3)4)34(29(35)19-23-20-32-28-17-13-12-16-27(23)28)30(26(8-2)22(5)6)31(36)33-24-14-10-9-11-15-24/h7-8,12-13,16-18,20,24,30,32H,1-3,9-11,14-15,19H2,4-6H3,(H,33,36). The van der Waals surface area contributed by atoms with Crippen LogP contribution < -0.4 is 5.32 Å². The highest BCUT2D eigenvalue weighted by Gasteiger charge is 2.35. The number of hydrogen-bond acceptors (Lipinski definition) is 2. The molecule has 2 amide bonds. The fourth-order valence-corrected chi connectivity index (χ4v) is 4.96. The second-order valence-electron chi connectivity index (χ2n) is 9.83. The topological polar surface area (TPSA) is 65.2 Å². The number of allylic oxidation sites excluding steroid dienone is 4. The first-order valence-electron chi connectivity index (χ1n) is 12.7. The van der Waals surface area contributed by atoms with Crippen molar-refractivity contribution in [3.63, 3.8) is 0 Å². The Bertz CT molecular complexity index is 1200. The second-order valence-corrected chi connectivity index (χ2v) is 9.83. The number of carbonyl (C=O) groups excluding carboxylic acids is 2. The number of aromatic nitrogens is 1. The summed E-state index contributed by atoms with van der Waals surface area (Å²) in [5.74, 6) is -0.392. The minimum absolute atomic E-state index is 0.111. The van der Waals surface area contributed by atoms with Gasteiger partial charge in [0.1, 0.15) is 6.04 Å². The van der Waals surface area contributed by atoms with Gasteiger partial charge >= 0.3 is 0 Å². The lowest BCUT2D eigenvalue weighted by Gasteiger charge is -2.35. The van der Waals surface area contributed by atoms with Crippen LogP contribution in [-0.2, 0) is 16.0 Å². The van der Waals surface area contributed by atoms with E-state index in [0.29, 0.717) is 11.3 Å². The van der Waals surface area contributed by atoms with E-state index in [1.54, 1.807) is 23.1 Å². The summed E-state index contributed by atoms with van der Waals surface area (Å²) in [6.07, 6.45) is 12.4. The van der Waals surface area contributed by atoms with Crippen molar-refractivity contribution in [1.82, 2.24) is 15.2 Å². The first-order valence-corrected chi connectivity index (χ1v) is 12.7. The summed E-state index contributed by atoms with van der Waals surface area (Å²) >= 11 is 0. The summed E-state index contributed by atoms with van der Waals surface area (Å²) in [6, 6.07) is 7.14. The van der Waals surface area contributed by atoms with Crippen LogP contribution in [0.4, 0.5) is 0 Å². The molecular formula is C31H39N3O2. The summed E-state index contributed by atoms with van der Waals surface area (Å²) in [5.41, 5.74) is 4.79. The number of nitrogens with zero attached hydrogens (tertiary/aromatic N) is 1. The van der Waals surface area contributed by atoms with E-state index in [0.717, 1.165) is 53.3 Å². The summed E-state index contributed by atoms with van der Waals surface area (Å²) in [5, 5.41) is 4.23. The van der Waals surface area contributed by atoms with Gasteiger partial charge in [-0.1, -0.05) is 74.4 Å². The largest absolute Gasteiger partial charge is 0.361 e. The predicted molar refractivity (Wildman–Crippen MR) is 149 cm³/mol.